The number of aliphatic carboxylic acids is 1. The molecule has 3 nitrogen and oxygen atoms in total. The topological polar surface area (TPSA) is 57.5 Å². The molecule has 0 unspecified atom stereocenters. The highest BCUT2D eigenvalue weighted by Gasteiger charge is 2.49. The Bertz CT molecular complexity index is 237. The highest BCUT2D eigenvalue weighted by molar-refractivity contribution is 5.76. The van der Waals surface area contributed by atoms with Crippen LogP contribution in [-0.4, -0.2) is 22.3 Å². The number of aliphatic hydroxyl groups excluding tert-OH is 1. The van der Waals surface area contributed by atoms with Gasteiger partial charge in [0.2, 0.25) is 0 Å². The summed E-state index contributed by atoms with van der Waals surface area (Å²) < 4.78 is 0. The Hall–Kier alpha value is -0.570. The number of hydrogen-bond donors (Lipinski definition) is 2. The minimum atomic E-state index is -0.703. The van der Waals surface area contributed by atoms with Gasteiger partial charge in [-0.05, 0) is 31.6 Å². The van der Waals surface area contributed by atoms with Crippen molar-refractivity contribution in [2.45, 2.75) is 57.5 Å². The molecule has 0 spiro atoms. The number of carboxylic acid groups (broad SMARTS) is 1. The van der Waals surface area contributed by atoms with E-state index in [2.05, 4.69) is 0 Å². The molecule has 0 radical (unpaired) electrons. The smallest absolute Gasteiger partial charge is 0.309 e. The SMILES string of the molecule is O=C(O)C1(CCC2CCCC2)CC(O)C1. The van der Waals surface area contributed by atoms with Gasteiger partial charge >= 0.3 is 5.97 Å². The Morgan fingerprint density at radius 1 is 1.27 bits per heavy atom. The largest absolute Gasteiger partial charge is 0.481 e. The maximum Gasteiger partial charge on any atom is 0.309 e. The fourth-order valence-electron chi connectivity index (χ4n) is 3.11. The Morgan fingerprint density at radius 3 is 2.33 bits per heavy atom. The Labute approximate surface area is 90.5 Å². The molecule has 2 aliphatic carbocycles. The Balaban J connectivity index is 1.82. The van der Waals surface area contributed by atoms with Gasteiger partial charge in [0, 0.05) is 0 Å². The van der Waals surface area contributed by atoms with Crippen molar-refractivity contribution >= 4 is 5.97 Å². The van der Waals surface area contributed by atoms with Crippen molar-refractivity contribution in [3.8, 4) is 0 Å². The van der Waals surface area contributed by atoms with Crippen molar-refractivity contribution in [2.24, 2.45) is 11.3 Å². The normalized spacial score (nSPS) is 36.5. The lowest BCUT2D eigenvalue weighted by Gasteiger charge is -2.42. The lowest BCUT2D eigenvalue weighted by molar-refractivity contribution is -0.164. The molecule has 0 aromatic carbocycles. The van der Waals surface area contributed by atoms with Crippen molar-refractivity contribution in [1.29, 1.82) is 0 Å². The van der Waals surface area contributed by atoms with Crippen LogP contribution < -0.4 is 0 Å². The minimum Gasteiger partial charge on any atom is -0.481 e. The molecule has 0 aliphatic heterocycles. The first-order valence-corrected chi connectivity index (χ1v) is 6.04. The zero-order valence-corrected chi connectivity index (χ0v) is 9.11. The van der Waals surface area contributed by atoms with Gasteiger partial charge in [-0.25, -0.2) is 0 Å². The van der Waals surface area contributed by atoms with Crippen LogP contribution in [-0.2, 0) is 4.79 Å². The summed E-state index contributed by atoms with van der Waals surface area (Å²) in [4.78, 5) is 11.1. The number of carboxylic acids is 1. The third-order valence-corrected chi connectivity index (χ3v) is 4.21. The van der Waals surface area contributed by atoms with Crippen LogP contribution in [0.15, 0.2) is 0 Å². The van der Waals surface area contributed by atoms with Crippen molar-refractivity contribution in [3.63, 3.8) is 0 Å². The average Bonchev–Trinajstić information content (AvgIpc) is 2.62. The molecule has 2 aliphatic rings. The van der Waals surface area contributed by atoms with Crippen molar-refractivity contribution < 1.29 is 15.0 Å². The highest BCUT2D eigenvalue weighted by atomic mass is 16.4. The quantitative estimate of drug-likeness (QED) is 0.751. The molecule has 15 heavy (non-hydrogen) atoms. The van der Waals surface area contributed by atoms with Gasteiger partial charge in [0.05, 0.1) is 11.5 Å². The Morgan fingerprint density at radius 2 is 1.87 bits per heavy atom. The molecule has 0 saturated heterocycles. The molecule has 0 aromatic rings. The maximum atomic E-state index is 11.1. The zero-order valence-electron chi connectivity index (χ0n) is 9.11. The van der Waals surface area contributed by atoms with E-state index in [1.165, 1.54) is 25.7 Å². The highest BCUT2D eigenvalue weighted by Crippen LogP contribution is 2.47. The summed E-state index contributed by atoms with van der Waals surface area (Å²) in [6.07, 6.45) is 7.55. The third-order valence-electron chi connectivity index (χ3n) is 4.21. The van der Waals surface area contributed by atoms with Crippen molar-refractivity contribution in [2.75, 3.05) is 0 Å². The number of carbonyl (C=O) groups is 1. The fourth-order valence-corrected chi connectivity index (χ4v) is 3.11. The lowest BCUT2D eigenvalue weighted by atomic mass is 9.63. The maximum absolute atomic E-state index is 11.1. The van der Waals surface area contributed by atoms with Gasteiger partial charge in [-0.2, -0.15) is 0 Å². The second-order valence-corrected chi connectivity index (χ2v) is 5.34. The van der Waals surface area contributed by atoms with E-state index in [4.69, 9.17) is 5.11 Å². The van der Waals surface area contributed by atoms with Gasteiger partial charge in [0.1, 0.15) is 0 Å². The van der Waals surface area contributed by atoms with Crippen LogP contribution in [0.4, 0.5) is 0 Å². The zero-order chi connectivity index (χ0) is 10.9. The molecule has 2 saturated carbocycles. The lowest BCUT2D eigenvalue weighted by Crippen LogP contribution is -2.47. The molecular formula is C12H20O3. The molecule has 0 aromatic heterocycles. The van der Waals surface area contributed by atoms with E-state index in [0.29, 0.717) is 12.8 Å². The van der Waals surface area contributed by atoms with E-state index in [-0.39, 0.29) is 6.10 Å². The van der Waals surface area contributed by atoms with Gasteiger partial charge < -0.3 is 10.2 Å². The van der Waals surface area contributed by atoms with Crippen LogP contribution >= 0.6 is 0 Å². The van der Waals surface area contributed by atoms with Crippen LogP contribution in [0.1, 0.15) is 51.4 Å². The van der Waals surface area contributed by atoms with Gasteiger partial charge in [-0.1, -0.05) is 25.7 Å². The molecule has 0 heterocycles. The summed E-state index contributed by atoms with van der Waals surface area (Å²) in [5, 5.41) is 18.4. The van der Waals surface area contributed by atoms with E-state index < -0.39 is 11.4 Å². The minimum absolute atomic E-state index is 0.371. The molecule has 3 heteroatoms. The summed E-state index contributed by atoms with van der Waals surface area (Å²) in [7, 11) is 0. The van der Waals surface area contributed by atoms with Crippen molar-refractivity contribution in [1.82, 2.24) is 0 Å². The molecule has 2 fully saturated rings. The second kappa shape index (κ2) is 4.12. The van der Waals surface area contributed by atoms with Gasteiger partial charge in [-0.3, -0.25) is 4.79 Å². The molecule has 0 bridgehead atoms. The average molecular weight is 212 g/mol. The van der Waals surface area contributed by atoms with E-state index in [0.717, 1.165) is 18.8 Å². The van der Waals surface area contributed by atoms with Crippen LogP contribution in [0, 0.1) is 11.3 Å². The first kappa shape index (κ1) is 10.9. The summed E-state index contributed by atoms with van der Waals surface area (Å²) in [6.45, 7) is 0. The van der Waals surface area contributed by atoms with Crippen LogP contribution in [0.2, 0.25) is 0 Å². The predicted molar refractivity (Wildman–Crippen MR) is 56.5 cm³/mol. The number of hydrogen-bond acceptors (Lipinski definition) is 2. The molecule has 2 rings (SSSR count). The fraction of sp³-hybridized carbons (Fsp3) is 0.917. The number of aliphatic hydroxyl groups is 1. The van der Waals surface area contributed by atoms with Gasteiger partial charge in [0.25, 0.3) is 0 Å². The van der Waals surface area contributed by atoms with Crippen LogP contribution in [0.3, 0.4) is 0 Å². The first-order chi connectivity index (χ1) is 7.12. The molecule has 2 N–H and O–H groups in total. The summed E-state index contributed by atoms with van der Waals surface area (Å²) in [5.41, 5.74) is -0.581. The summed E-state index contributed by atoms with van der Waals surface area (Å²) in [5.74, 6) is 0.0461. The molecular weight excluding hydrogens is 192 g/mol. The molecule has 0 atom stereocenters. The van der Waals surface area contributed by atoms with E-state index in [1.54, 1.807) is 0 Å². The third kappa shape index (κ3) is 2.17. The predicted octanol–water partition coefficient (Wildman–Crippen LogP) is 2.18. The van der Waals surface area contributed by atoms with Crippen LogP contribution in [0.25, 0.3) is 0 Å². The van der Waals surface area contributed by atoms with E-state index >= 15 is 0 Å². The molecule has 0 amide bonds. The van der Waals surface area contributed by atoms with E-state index in [1.807, 2.05) is 0 Å². The van der Waals surface area contributed by atoms with Crippen molar-refractivity contribution in [3.05, 3.63) is 0 Å². The summed E-state index contributed by atoms with van der Waals surface area (Å²) in [6, 6.07) is 0. The van der Waals surface area contributed by atoms with Crippen LogP contribution in [0.5, 0.6) is 0 Å². The standard InChI is InChI=1S/C12H20O3/c13-10-7-12(8-10,11(14)15)6-5-9-3-1-2-4-9/h9-10,13H,1-8H2,(H,14,15). The monoisotopic (exact) mass is 212 g/mol. The Kier molecular flexibility index (Phi) is 3.01. The molecule has 86 valence electrons. The van der Waals surface area contributed by atoms with Gasteiger partial charge in [-0.15, -0.1) is 0 Å². The second-order valence-electron chi connectivity index (χ2n) is 5.34. The van der Waals surface area contributed by atoms with Gasteiger partial charge in [0.15, 0.2) is 0 Å². The summed E-state index contributed by atoms with van der Waals surface area (Å²) >= 11 is 0. The van der Waals surface area contributed by atoms with E-state index in [9.17, 15) is 9.90 Å². The first-order valence-electron chi connectivity index (χ1n) is 6.04. The number of rotatable bonds is 4.